The van der Waals surface area contributed by atoms with E-state index in [0.717, 1.165) is 0 Å². The molecule has 0 N–H and O–H groups in total. The molecule has 0 spiro atoms. The summed E-state index contributed by atoms with van der Waals surface area (Å²) in [6.45, 7) is 0. The van der Waals surface area contributed by atoms with E-state index in [2.05, 4.69) is 21.9 Å². The number of terminal acetylenes is 1. The molecule has 0 fully saturated rings. The first kappa shape index (κ1) is 8.58. The second-order valence-electron chi connectivity index (χ2n) is 1.86. The van der Waals surface area contributed by atoms with Crippen molar-refractivity contribution < 1.29 is 4.39 Å². The van der Waals surface area contributed by atoms with Crippen molar-refractivity contribution in [1.29, 1.82) is 0 Å². The van der Waals surface area contributed by atoms with E-state index >= 15 is 0 Å². The molecule has 0 amide bonds. The summed E-state index contributed by atoms with van der Waals surface area (Å²) in [4.78, 5) is 0. The Bertz CT molecular complexity index is 328. The van der Waals surface area contributed by atoms with Crippen LogP contribution in [0, 0.1) is 18.2 Å². The molecule has 0 radical (unpaired) electrons. The monoisotopic (exact) mass is 232 g/mol. The second kappa shape index (κ2) is 3.25. The van der Waals surface area contributed by atoms with E-state index in [1.165, 1.54) is 6.07 Å². The fourth-order valence-corrected chi connectivity index (χ4v) is 1.24. The molecular weight excluding hydrogens is 230 g/mol. The molecule has 1 aromatic carbocycles. The number of benzene rings is 1. The molecule has 0 aliphatic rings. The van der Waals surface area contributed by atoms with Gasteiger partial charge in [0.2, 0.25) is 0 Å². The third-order valence-electron chi connectivity index (χ3n) is 1.19. The number of hydrogen-bond donors (Lipinski definition) is 0. The minimum Gasteiger partial charge on any atom is -0.204 e. The van der Waals surface area contributed by atoms with Crippen molar-refractivity contribution in [1.82, 2.24) is 0 Å². The van der Waals surface area contributed by atoms with Crippen molar-refractivity contribution in [2.75, 3.05) is 0 Å². The molecule has 1 rings (SSSR count). The fourth-order valence-electron chi connectivity index (χ4n) is 0.659. The smallest absolute Gasteiger partial charge is 0.158 e. The van der Waals surface area contributed by atoms with Crippen LogP contribution in [0.3, 0.4) is 0 Å². The fraction of sp³-hybridized carbons (Fsp3) is 0. The Kier molecular flexibility index (Phi) is 2.53. The Morgan fingerprint density at radius 3 is 2.64 bits per heavy atom. The predicted molar refractivity (Wildman–Crippen MR) is 47.0 cm³/mol. The van der Waals surface area contributed by atoms with Crippen LogP contribution >= 0.6 is 27.5 Å². The van der Waals surface area contributed by atoms with Gasteiger partial charge in [-0.3, -0.25) is 0 Å². The normalized spacial score (nSPS) is 9.27. The quantitative estimate of drug-likeness (QED) is 0.477. The van der Waals surface area contributed by atoms with Gasteiger partial charge in [0, 0.05) is 4.47 Å². The zero-order chi connectivity index (χ0) is 8.43. The largest absolute Gasteiger partial charge is 0.204 e. The van der Waals surface area contributed by atoms with E-state index in [4.69, 9.17) is 18.0 Å². The first-order valence-corrected chi connectivity index (χ1v) is 3.94. The topological polar surface area (TPSA) is 0 Å². The molecule has 11 heavy (non-hydrogen) atoms. The molecule has 0 unspecified atom stereocenters. The third-order valence-corrected chi connectivity index (χ3v) is 2.14. The molecule has 0 aromatic heterocycles. The summed E-state index contributed by atoms with van der Waals surface area (Å²) in [7, 11) is 0. The van der Waals surface area contributed by atoms with Crippen LogP contribution in [-0.2, 0) is 0 Å². The van der Waals surface area contributed by atoms with E-state index in [-0.39, 0.29) is 10.6 Å². The predicted octanol–water partition coefficient (Wildman–Crippen LogP) is 3.22. The van der Waals surface area contributed by atoms with Crippen LogP contribution in [0.15, 0.2) is 16.6 Å². The number of halogens is 3. The minimum atomic E-state index is -0.552. The first-order chi connectivity index (χ1) is 5.16. The van der Waals surface area contributed by atoms with Gasteiger partial charge in [-0.1, -0.05) is 17.5 Å². The molecule has 56 valence electrons. The molecular formula is C8H3BrClF. The lowest BCUT2D eigenvalue weighted by molar-refractivity contribution is 0.624. The van der Waals surface area contributed by atoms with Crippen LogP contribution in [-0.4, -0.2) is 0 Å². The Balaban J connectivity index is 3.44. The molecule has 3 heteroatoms. The maximum absolute atomic E-state index is 13.0. The van der Waals surface area contributed by atoms with Gasteiger partial charge >= 0.3 is 0 Å². The van der Waals surface area contributed by atoms with E-state index < -0.39 is 5.82 Å². The second-order valence-corrected chi connectivity index (χ2v) is 3.12. The minimum absolute atomic E-state index is 0.0427. The van der Waals surface area contributed by atoms with E-state index in [9.17, 15) is 4.39 Å². The lowest BCUT2D eigenvalue weighted by atomic mass is 10.2. The van der Waals surface area contributed by atoms with Crippen molar-refractivity contribution in [2.24, 2.45) is 0 Å². The molecule has 0 bridgehead atoms. The van der Waals surface area contributed by atoms with Gasteiger partial charge in [0.05, 0.1) is 10.6 Å². The van der Waals surface area contributed by atoms with Crippen molar-refractivity contribution in [3.63, 3.8) is 0 Å². The molecule has 0 aliphatic carbocycles. The highest BCUT2D eigenvalue weighted by atomic mass is 79.9. The SMILES string of the molecule is C#Cc1c(Br)ccc(Cl)c1F. The van der Waals surface area contributed by atoms with Crippen LogP contribution in [0.4, 0.5) is 4.39 Å². The molecule has 0 atom stereocenters. The van der Waals surface area contributed by atoms with Crippen LogP contribution < -0.4 is 0 Å². The van der Waals surface area contributed by atoms with Crippen LogP contribution in [0.5, 0.6) is 0 Å². The van der Waals surface area contributed by atoms with E-state index in [1.807, 2.05) is 0 Å². The zero-order valence-electron chi connectivity index (χ0n) is 5.37. The summed E-state index contributed by atoms with van der Waals surface area (Å²) < 4.78 is 13.5. The molecule has 0 heterocycles. The average Bonchev–Trinajstić information content (AvgIpc) is 1.99. The molecule has 0 saturated carbocycles. The molecule has 0 aliphatic heterocycles. The van der Waals surface area contributed by atoms with Gasteiger partial charge < -0.3 is 0 Å². The molecule has 0 saturated heterocycles. The Morgan fingerprint density at radius 1 is 1.55 bits per heavy atom. The summed E-state index contributed by atoms with van der Waals surface area (Å²) in [5.74, 6) is 1.65. The summed E-state index contributed by atoms with van der Waals surface area (Å²) in [5, 5.41) is 0.0427. The number of rotatable bonds is 0. The lowest BCUT2D eigenvalue weighted by Crippen LogP contribution is -1.85. The Labute approximate surface area is 77.5 Å². The number of hydrogen-bond acceptors (Lipinski definition) is 0. The van der Waals surface area contributed by atoms with Crippen LogP contribution in [0.2, 0.25) is 5.02 Å². The van der Waals surface area contributed by atoms with E-state index in [0.29, 0.717) is 4.47 Å². The third kappa shape index (κ3) is 1.55. The molecule has 1 aromatic rings. The van der Waals surface area contributed by atoms with Crippen molar-refractivity contribution in [2.45, 2.75) is 0 Å². The van der Waals surface area contributed by atoms with Gasteiger partial charge in [-0.2, -0.15) is 0 Å². The average molecular weight is 233 g/mol. The Hall–Kier alpha value is -0.520. The highest BCUT2D eigenvalue weighted by Crippen LogP contribution is 2.24. The zero-order valence-corrected chi connectivity index (χ0v) is 7.71. The van der Waals surface area contributed by atoms with Crippen molar-refractivity contribution in [3.05, 3.63) is 33.0 Å². The van der Waals surface area contributed by atoms with Crippen LogP contribution in [0.1, 0.15) is 5.56 Å². The van der Waals surface area contributed by atoms with Crippen molar-refractivity contribution >= 4 is 27.5 Å². The van der Waals surface area contributed by atoms with Gasteiger partial charge in [0.25, 0.3) is 0 Å². The Morgan fingerprint density at radius 2 is 2.18 bits per heavy atom. The summed E-state index contributed by atoms with van der Waals surface area (Å²) in [6.07, 6.45) is 5.04. The van der Waals surface area contributed by atoms with Gasteiger partial charge in [0.1, 0.15) is 0 Å². The lowest BCUT2D eigenvalue weighted by Gasteiger charge is -1.98. The maximum Gasteiger partial charge on any atom is 0.158 e. The molecule has 0 nitrogen and oxygen atoms in total. The summed E-state index contributed by atoms with van der Waals surface area (Å²) in [6, 6.07) is 3.06. The van der Waals surface area contributed by atoms with Gasteiger partial charge in [-0.25, -0.2) is 4.39 Å². The first-order valence-electron chi connectivity index (χ1n) is 2.77. The summed E-state index contributed by atoms with van der Waals surface area (Å²) in [5.41, 5.74) is 0.164. The van der Waals surface area contributed by atoms with Crippen molar-refractivity contribution in [3.8, 4) is 12.3 Å². The van der Waals surface area contributed by atoms with Gasteiger partial charge in [-0.05, 0) is 28.1 Å². The maximum atomic E-state index is 13.0. The summed E-state index contributed by atoms with van der Waals surface area (Å²) >= 11 is 8.57. The van der Waals surface area contributed by atoms with Gasteiger partial charge in [-0.15, -0.1) is 6.42 Å². The standard InChI is InChI=1S/C8H3BrClF/c1-2-5-6(9)3-4-7(10)8(5)11/h1,3-4H. The van der Waals surface area contributed by atoms with Crippen LogP contribution in [0.25, 0.3) is 0 Å². The van der Waals surface area contributed by atoms with E-state index in [1.54, 1.807) is 6.07 Å². The highest BCUT2D eigenvalue weighted by Gasteiger charge is 2.07. The van der Waals surface area contributed by atoms with Gasteiger partial charge in [0.15, 0.2) is 5.82 Å². The highest BCUT2D eigenvalue weighted by molar-refractivity contribution is 9.10.